The highest BCUT2D eigenvalue weighted by atomic mass is 31.1. The Bertz CT molecular complexity index is 1580. The standard InChI is InChI=1S/C46H70P2/c1-27-21-35-40-36(37(27)48(35)39-33(45(15,16)17)24-30(42(6,7)8)25-34(39)46(18,19)20)28(2)26-47(40)38-31(43(9,10)11)22-29(41(3,4)5)23-32(38)44(12,13)14/h21-26,35-37,40H,1-20H3/t35-,36-,37+,40+,47?,48?/m0/s1. The van der Waals surface area contributed by atoms with Crippen LogP contribution in [0.2, 0.25) is 0 Å². The van der Waals surface area contributed by atoms with Gasteiger partial charge in [0.05, 0.1) is 0 Å². The fourth-order valence-corrected chi connectivity index (χ4v) is 17.9. The first-order valence-electron chi connectivity index (χ1n) is 18.8. The van der Waals surface area contributed by atoms with Gasteiger partial charge in [0.15, 0.2) is 0 Å². The molecule has 0 radical (unpaired) electrons. The van der Waals surface area contributed by atoms with Gasteiger partial charge >= 0.3 is 0 Å². The Kier molecular flexibility index (Phi) is 9.23. The van der Waals surface area contributed by atoms with Crippen molar-refractivity contribution < 1.29 is 0 Å². The van der Waals surface area contributed by atoms with Gasteiger partial charge < -0.3 is 0 Å². The van der Waals surface area contributed by atoms with Gasteiger partial charge in [0, 0.05) is 17.0 Å². The van der Waals surface area contributed by atoms with Gasteiger partial charge in [0.2, 0.25) is 0 Å². The summed E-state index contributed by atoms with van der Waals surface area (Å²) in [6.45, 7) is 49.0. The van der Waals surface area contributed by atoms with Crippen molar-refractivity contribution >= 4 is 26.5 Å². The van der Waals surface area contributed by atoms with Crippen LogP contribution in [0, 0.1) is 5.92 Å². The Morgan fingerprint density at radius 1 is 0.458 bits per heavy atom. The zero-order valence-corrected chi connectivity index (χ0v) is 36.5. The molecule has 2 bridgehead atoms. The Hall–Kier alpha value is -1.22. The molecule has 0 aromatic heterocycles. The van der Waals surface area contributed by atoms with E-state index in [0.717, 1.165) is 0 Å². The summed E-state index contributed by atoms with van der Waals surface area (Å²) in [4.78, 5) is 0. The molecular formula is C46H70P2. The number of hydrogen-bond acceptors (Lipinski definition) is 0. The summed E-state index contributed by atoms with van der Waals surface area (Å²) in [5, 5.41) is 3.47. The number of rotatable bonds is 2. The molecule has 0 amide bonds. The van der Waals surface area contributed by atoms with E-state index >= 15 is 0 Å². The van der Waals surface area contributed by atoms with Crippen LogP contribution in [0.15, 0.2) is 47.3 Å². The fourth-order valence-electron chi connectivity index (χ4n) is 8.70. The van der Waals surface area contributed by atoms with Crippen LogP contribution in [0.4, 0.5) is 0 Å². The van der Waals surface area contributed by atoms with Gasteiger partial charge in [-0.25, -0.2) is 0 Å². The van der Waals surface area contributed by atoms with E-state index in [4.69, 9.17) is 0 Å². The monoisotopic (exact) mass is 684 g/mol. The minimum Gasteiger partial charge on any atom is -0.0765 e. The zero-order chi connectivity index (χ0) is 36.5. The maximum absolute atomic E-state index is 2.82. The lowest BCUT2D eigenvalue weighted by molar-refractivity contribution is 0.552. The molecule has 2 aromatic rings. The molecule has 0 aliphatic carbocycles. The van der Waals surface area contributed by atoms with Gasteiger partial charge in [-0.15, -0.1) is 0 Å². The van der Waals surface area contributed by atoms with Gasteiger partial charge in [-0.05, 0) is 104 Å². The summed E-state index contributed by atoms with van der Waals surface area (Å²) in [7, 11) is -0.883. The van der Waals surface area contributed by atoms with Crippen molar-refractivity contribution in [3.8, 4) is 0 Å². The first kappa shape index (κ1) is 38.0. The van der Waals surface area contributed by atoms with E-state index in [9.17, 15) is 0 Å². The maximum Gasteiger partial charge on any atom is 0.0116 e. The highest BCUT2D eigenvalue weighted by molar-refractivity contribution is 7.74. The van der Waals surface area contributed by atoms with E-state index in [2.05, 4.69) is 175 Å². The van der Waals surface area contributed by atoms with E-state index in [1.165, 1.54) is 11.1 Å². The topological polar surface area (TPSA) is 0 Å². The van der Waals surface area contributed by atoms with Crippen molar-refractivity contribution in [1.82, 2.24) is 0 Å². The maximum atomic E-state index is 2.82. The van der Waals surface area contributed by atoms with Crippen molar-refractivity contribution in [3.63, 3.8) is 0 Å². The quantitative estimate of drug-likeness (QED) is 0.218. The summed E-state index contributed by atoms with van der Waals surface area (Å²) in [6.07, 6.45) is 2.80. The van der Waals surface area contributed by atoms with Crippen molar-refractivity contribution in [1.29, 1.82) is 0 Å². The molecule has 1 fully saturated rings. The number of allylic oxidation sites excluding steroid dienone is 3. The van der Waals surface area contributed by atoms with Gasteiger partial charge in [-0.3, -0.25) is 0 Å². The molecule has 0 spiro atoms. The van der Waals surface area contributed by atoms with E-state index in [1.54, 1.807) is 44.0 Å². The Morgan fingerprint density at radius 2 is 0.812 bits per heavy atom. The van der Waals surface area contributed by atoms with Crippen LogP contribution in [0.1, 0.15) is 172 Å². The summed E-state index contributed by atoms with van der Waals surface area (Å²) in [5.74, 6) is 3.47. The van der Waals surface area contributed by atoms with Gasteiger partial charge in [0.1, 0.15) is 0 Å². The molecule has 3 aliphatic heterocycles. The summed E-state index contributed by atoms with van der Waals surface area (Å²) < 4.78 is 0. The molecular weight excluding hydrogens is 614 g/mol. The van der Waals surface area contributed by atoms with Crippen LogP contribution in [0.3, 0.4) is 0 Å². The van der Waals surface area contributed by atoms with Crippen molar-refractivity contribution in [2.24, 2.45) is 5.92 Å². The Balaban J connectivity index is 1.81. The molecule has 5 rings (SSSR count). The highest BCUT2D eigenvalue weighted by Crippen LogP contribution is 2.76. The van der Waals surface area contributed by atoms with Crippen LogP contribution in [-0.2, 0) is 32.5 Å². The van der Waals surface area contributed by atoms with Crippen molar-refractivity contribution in [2.75, 3.05) is 0 Å². The third-order valence-electron chi connectivity index (χ3n) is 11.5. The lowest BCUT2D eigenvalue weighted by Gasteiger charge is -2.39. The predicted molar refractivity (Wildman–Crippen MR) is 221 cm³/mol. The molecule has 48 heavy (non-hydrogen) atoms. The molecule has 2 aromatic carbocycles. The Morgan fingerprint density at radius 3 is 1.15 bits per heavy atom. The van der Waals surface area contributed by atoms with Gasteiger partial charge in [-0.1, -0.05) is 180 Å². The van der Waals surface area contributed by atoms with E-state index in [0.29, 0.717) is 22.9 Å². The van der Waals surface area contributed by atoms with Crippen LogP contribution in [-0.4, -0.2) is 17.0 Å². The second-order valence-corrected chi connectivity index (χ2v) is 26.4. The van der Waals surface area contributed by atoms with Crippen molar-refractivity contribution in [3.05, 3.63) is 80.7 Å². The summed E-state index contributed by atoms with van der Waals surface area (Å²) in [5.41, 5.74) is 15.3. The van der Waals surface area contributed by atoms with E-state index < -0.39 is 15.8 Å². The SMILES string of the molecule is CC1=CP(c2c(C(C)(C)C)cc(C(C)(C)C)cc2C(C)(C)C)[C@H]2[C@@H]1[C@H]1C(C)=C[C@@H]2P1c1c(C(C)(C)C)cc(C(C)(C)C)cc1C(C)(C)C. The lowest BCUT2D eigenvalue weighted by atomic mass is 9.75. The third-order valence-corrected chi connectivity index (χ3v) is 18.1. The second-order valence-electron chi connectivity index (χ2n) is 21.9. The number of benzene rings is 2. The molecule has 2 unspecified atom stereocenters. The minimum absolute atomic E-state index is 0.0778. The molecule has 6 atom stereocenters. The average molecular weight is 685 g/mol. The molecule has 0 saturated carbocycles. The van der Waals surface area contributed by atoms with Gasteiger partial charge in [0.25, 0.3) is 0 Å². The smallest absolute Gasteiger partial charge is 0.0116 e. The van der Waals surface area contributed by atoms with Gasteiger partial charge in [-0.2, -0.15) is 0 Å². The van der Waals surface area contributed by atoms with Crippen LogP contribution >= 0.6 is 15.8 Å². The van der Waals surface area contributed by atoms with Crippen LogP contribution < -0.4 is 10.6 Å². The molecule has 3 aliphatic rings. The fraction of sp³-hybridized carbons (Fsp3) is 0.652. The third kappa shape index (κ3) is 6.51. The highest BCUT2D eigenvalue weighted by Gasteiger charge is 2.60. The number of fused-ring (bicyclic) bond motifs is 5. The summed E-state index contributed by atoms with van der Waals surface area (Å²) >= 11 is 0. The summed E-state index contributed by atoms with van der Waals surface area (Å²) in [6, 6.07) is 10.5. The molecule has 2 heteroatoms. The number of hydrogen-bond donors (Lipinski definition) is 0. The largest absolute Gasteiger partial charge is 0.0765 e. The van der Waals surface area contributed by atoms with Crippen LogP contribution in [0.25, 0.3) is 0 Å². The predicted octanol–water partition coefficient (Wildman–Crippen LogP) is 13.0. The molecule has 264 valence electrons. The first-order valence-corrected chi connectivity index (χ1v) is 21.7. The molecule has 3 heterocycles. The molecule has 0 N–H and O–H groups in total. The zero-order valence-electron chi connectivity index (χ0n) is 34.7. The lowest BCUT2D eigenvalue weighted by Crippen LogP contribution is -2.36. The second kappa shape index (κ2) is 11.6. The van der Waals surface area contributed by atoms with Crippen LogP contribution in [0.5, 0.6) is 0 Å². The Labute approximate surface area is 299 Å². The van der Waals surface area contributed by atoms with E-state index in [-0.39, 0.29) is 32.5 Å². The normalized spacial score (nSPS) is 26.6. The van der Waals surface area contributed by atoms with Crippen molar-refractivity contribution in [2.45, 2.75) is 188 Å². The molecule has 1 saturated heterocycles. The van der Waals surface area contributed by atoms with E-state index in [1.807, 2.05) is 0 Å². The molecule has 0 nitrogen and oxygen atoms in total. The minimum atomic E-state index is -0.480. The first-order chi connectivity index (χ1) is 21.5. The average Bonchev–Trinajstić information content (AvgIpc) is 3.51.